The van der Waals surface area contributed by atoms with Crippen LogP contribution in [0.15, 0.2) is 54.6 Å². The van der Waals surface area contributed by atoms with Crippen LogP contribution in [0.5, 0.6) is 5.75 Å². The highest BCUT2D eigenvalue weighted by Crippen LogP contribution is 2.23. The zero-order chi connectivity index (χ0) is 19.2. The third kappa shape index (κ3) is 4.46. The number of nitrogens with one attached hydrogen (secondary N) is 1. The van der Waals surface area contributed by atoms with Gasteiger partial charge in [-0.1, -0.05) is 30.3 Å². The van der Waals surface area contributed by atoms with Crippen LogP contribution in [0, 0.1) is 0 Å². The molecule has 1 saturated heterocycles. The molecule has 2 amide bonds. The molecule has 1 aliphatic heterocycles. The normalized spacial score (nSPS) is 15.9. The molecule has 1 fully saturated rings. The molecule has 0 aromatic heterocycles. The van der Waals surface area contributed by atoms with Crippen molar-refractivity contribution in [2.75, 3.05) is 38.6 Å². The Bertz CT molecular complexity index is 786. The lowest BCUT2D eigenvalue weighted by Gasteiger charge is -2.37. The molecule has 3 rings (SSSR count). The first-order valence-electron chi connectivity index (χ1n) is 9.12. The van der Waals surface area contributed by atoms with Gasteiger partial charge in [0, 0.05) is 31.7 Å². The third-order valence-electron chi connectivity index (χ3n) is 4.91. The molecule has 0 spiro atoms. The summed E-state index contributed by atoms with van der Waals surface area (Å²) in [5.41, 5.74) is 1.36. The summed E-state index contributed by atoms with van der Waals surface area (Å²) in [4.78, 5) is 29.1. The maximum absolute atomic E-state index is 12.6. The molecule has 27 heavy (non-hydrogen) atoms. The van der Waals surface area contributed by atoms with E-state index < -0.39 is 0 Å². The molecular weight excluding hydrogens is 342 g/mol. The molecule has 2 aromatic carbocycles. The fraction of sp³-hybridized carbons (Fsp3) is 0.333. The standard InChI is InChI=1S/C21H25N3O3/c1-16(20(25)22-18-10-6-7-11-19(18)27-2)23-12-14-24(15-13-23)21(26)17-8-4-3-5-9-17/h3-11,16H,12-15H2,1-2H3,(H,22,25)/t16-/m0/s1. The topological polar surface area (TPSA) is 61.9 Å². The van der Waals surface area contributed by atoms with Crippen molar-refractivity contribution in [3.05, 3.63) is 60.2 Å². The first-order chi connectivity index (χ1) is 13.1. The second-order valence-corrected chi connectivity index (χ2v) is 6.56. The van der Waals surface area contributed by atoms with Crippen molar-refractivity contribution in [3.8, 4) is 5.75 Å². The lowest BCUT2D eigenvalue weighted by atomic mass is 10.1. The van der Waals surface area contributed by atoms with Crippen molar-refractivity contribution in [2.45, 2.75) is 13.0 Å². The molecule has 142 valence electrons. The third-order valence-corrected chi connectivity index (χ3v) is 4.91. The van der Waals surface area contributed by atoms with Gasteiger partial charge in [-0.3, -0.25) is 14.5 Å². The van der Waals surface area contributed by atoms with Gasteiger partial charge >= 0.3 is 0 Å². The molecule has 1 aliphatic rings. The number of anilines is 1. The van der Waals surface area contributed by atoms with Crippen molar-refractivity contribution in [3.63, 3.8) is 0 Å². The van der Waals surface area contributed by atoms with Gasteiger partial charge in [0.1, 0.15) is 5.75 Å². The van der Waals surface area contributed by atoms with E-state index in [0.29, 0.717) is 43.2 Å². The van der Waals surface area contributed by atoms with Crippen molar-refractivity contribution in [2.24, 2.45) is 0 Å². The molecule has 6 heteroatoms. The summed E-state index contributed by atoms with van der Waals surface area (Å²) in [5, 5.41) is 2.93. The summed E-state index contributed by atoms with van der Waals surface area (Å²) < 4.78 is 5.28. The average Bonchev–Trinajstić information content (AvgIpc) is 2.73. The Hall–Kier alpha value is -2.86. The molecule has 6 nitrogen and oxygen atoms in total. The van der Waals surface area contributed by atoms with Gasteiger partial charge in [-0.2, -0.15) is 0 Å². The van der Waals surface area contributed by atoms with E-state index >= 15 is 0 Å². The highest BCUT2D eigenvalue weighted by Gasteiger charge is 2.28. The summed E-state index contributed by atoms with van der Waals surface area (Å²) >= 11 is 0. The fourth-order valence-corrected chi connectivity index (χ4v) is 3.23. The summed E-state index contributed by atoms with van der Waals surface area (Å²) in [7, 11) is 1.58. The number of piperazine rings is 1. The van der Waals surface area contributed by atoms with Gasteiger partial charge < -0.3 is 15.0 Å². The minimum atomic E-state index is -0.288. The minimum absolute atomic E-state index is 0.0429. The molecule has 2 aromatic rings. The van der Waals surface area contributed by atoms with Gasteiger partial charge in [-0.25, -0.2) is 0 Å². The lowest BCUT2D eigenvalue weighted by molar-refractivity contribution is -0.121. The largest absolute Gasteiger partial charge is 0.495 e. The zero-order valence-electron chi connectivity index (χ0n) is 15.7. The highest BCUT2D eigenvalue weighted by molar-refractivity contribution is 5.96. The van der Waals surface area contributed by atoms with E-state index in [1.807, 2.05) is 66.4 Å². The van der Waals surface area contributed by atoms with Crippen LogP contribution in [0.2, 0.25) is 0 Å². The molecule has 0 unspecified atom stereocenters. The zero-order valence-corrected chi connectivity index (χ0v) is 15.7. The van der Waals surface area contributed by atoms with E-state index in [9.17, 15) is 9.59 Å². The van der Waals surface area contributed by atoms with Gasteiger partial charge in [0.05, 0.1) is 18.8 Å². The van der Waals surface area contributed by atoms with Gasteiger partial charge in [-0.05, 0) is 31.2 Å². The van der Waals surface area contributed by atoms with E-state index in [0.717, 1.165) is 0 Å². The Kier molecular flexibility index (Phi) is 6.08. The number of methoxy groups -OCH3 is 1. The van der Waals surface area contributed by atoms with E-state index in [1.165, 1.54) is 0 Å². The molecule has 1 atom stereocenters. The number of para-hydroxylation sites is 2. The summed E-state index contributed by atoms with van der Waals surface area (Å²) in [6.07, 6.45) is 0. The van der Waals surface area contributed by atoms with Gasteiger partial charge in [0.15, 0.2) is 0 Å². The molecule has 1 N–H and O–H groups in total. The number of carbonyl (C=O) groups is 2. The predicted octanol–water partition coefficient (Wildman–Crippen LogP) is 2.48. The predicted molar refractivity (Wildman–Crippen MR) is 105 cm³/mol. The maximum Gasteiger partial charge on any atom is 0.253 e. The van der Waals surface area contributed by atoms with E-state index in [1.54, 1.807) is 7.11 Å². The minimum Gasteiger partial charge on any atom is -0.495 e. The fourth-order valence-electron chi connectivity index (χ4n) is 3.23. The van der Waals surface area contributed by atoms with Crippen LogP contribution in [0.3, 0.4) is 0 Å². The first-order valence-corrected chi connectivity index (χ1v) is 9.12. The monoisotopic (exact) mass is 367 g/mol. The van der Waals surface area contributed by atoms with Crippen LogP contribution in [-0.2, 0) is 4.79 Å². The summed E-state index contributed by atoms with van der Waals surface area (Å²) in [6.45, 7) is 4.44. The number of nitrogens with zero attached hydrogens (tertiary/aromatic N) is 2. The lowest BCUT2D eigenvalue weighted by Crippen LogP contribution is -2.54. The Morgan fingerprint density at radius 2 is 1.59 bits per heavy atom. The molecule has 0 saturated carbocycles. The molecule has 1 heterocycles. The number of carbonyl (C=O) groups excluding carboxylic acids is 2. The first kappa shape index (κ1) is 18.9. The van der Waals surface area contributed by atoms with E-state index in [4.69, 9.17) is 4.74 Å². The highest BCUT2D eigenvalue weighted by atomic mass is 16.5. The van der Waals surface area contributed by atoms with Crippen LogP contribution in [0.25, 0.3) is 0 Å². The second kappa shape index (κ2) is 8.68. The Morgan fingerprint density at radius 1 is 0.963 bits per heavy atom. The van der Waals surface area contributed by atoms with Crippen LogP contribution in [0.4, 0.5) is 5.69 Å². The number of hydrogen-bond acceptors (Lipinski definition) is 4. The van der Waals surface area contributed by atoms with E-state index in [-0.39, 0.29) is 17.9 Å². The van der Waals surface area contributed by atoms with Crippen molar-refractivity contribution >= 4 is 17.5 Å². The van der Waals surface area contributed by atoms with Gasteiger partial charge in [0.2, 0.25) is 5.91 Å². The summed E-state index contributed by atoms with van der Waals surface area (Å²) in [5.74, 6) is 0.597. The Morgan fingerprint density at radius 3 is 2.26 bits per heavy atom. The van der Waals surface area contributed by atoms with Gasteiger partial charge in [-0.15, -0.1) is 0 Å². The smallest absolute Gasteiger partial charge is 0.253 e. The number of amides is 2. The Balaban J connectivity index is 1.55. The second-order valence-electron chi connectivity index (χ2n) is 6.56. The maximum atomic E-state index is 12.6. The van der Waals surface area contributed by atoms with Gasteiger partial charge in [0.25, 0.3) is 5.91 Å². The Labute approximate surface area is 159 Å². The number of benzene rings is 2. The average molecular weight is 367 g/mol. The summed E-state index contributed by atoms with van der Waals surface area (Å²) in [6, 6.07) is 16.4. The van der Waals surface area contributed by atoms with Crippen molar-refractivity contribution in [1.82, 2.24) is 9.80 Å². The van der Waals surface area contributed by atoms with E-state index in [2.05, 4.69) is 10.2 Å². The van der Waals surface area contributed by atoms with Crippen molar-refractivity contribution < 1.29 is 14.3 Å². The SMILES string of the molecule is COc1ccccc1NC(=O)[C@H](C)N1CCN(C(=O)c2ccccc2)CC1. The molecular formula is C21H25N3O3. The molecule has 0 aliphatic carbocycles. The molecule has 0 radical (unpaired) electrons. The van der Waals surface area contributed by atoms with Crippen LogP contribution in [-0.4, -0.2) is 60.9 Å². The number of hydrogen-bond donors (Lipinski definition) is 1. The van der Waals surface area contributed by atoms with Crippen LogP contribution < -0.4 is 10.1 Å². The number of ether oxygens (including phenoxy) is 1. The molecule has 0 bridgehead atoms. The van der Waals surface area contributed by atoms with Crippen LogP contribution >= 0.6 is 0 Å². The number of rotatable bonds is 5. The quantitative estimate of drug-likeness (QED) is 0.882. The van der Waals surface area contributed by atoms with Crippen molar-refractivity contribution in [1.29, 1.82) is 0 Å². The van der Waals surface area contributed by atoms with Crippen LogP contribution in [0.1, 0.15) is 17.3 Å².